The molecule has 0 spiro atoms. The van der Waals surface area contributed by atoms with Gasteiger partial charge in [-0.15, -0.1) is 0 Å². The lowest BCUT2D eigenvalue weighted by Gasteiger charge is -2.28. The van der Waals surface area contributed by atoms with E-state index in [2.05, 4.69) is 5.32 Å². The lowest BCUT2D eigenvalue weighted by atomic mass is 10.0. The van der Waals surface area contributed by atoms with Gasteiger partial charge in [0.2, 0.25) is 0 Å². The Morgan fingerprint density at radius 3 is 2.69 bits per heavy atom. The van der Waals surface area contributed by atoms with E-state index >= 15 is 0 Å². The van der Waals surface area contributed by atoms with Gasteiger partial charge in [0, 0.05) is 55.0 Å². The van der Waals surface area contributed by atoms with Crippen LogP contribution < -0.4 is 5.32 Å². The van der Waals surface area contributed by atoms with Gasteiger partial charge < -0.3 is 15.2 Å². The number of aliphatic hydroxyl groups is 1. The molecular weight excluding hydrogens is 226 g/mol. The summed E-state index contributed by atoms with van der Waals surface area (Å²) in [7, 11) is 1.03. The number of hydrogen-bond acceptors (Lipinski definition) is 4. The number of nitrogens with one attached hydrogen (secondary N) is 1. The molecule has 1 unspecified atom stereocenters. The summed E-state index contributed by atoms with van der Waals surface area (Å²) in [5.41, 5.74) is -0.716. The highest BCUT2D eigenvalue weighted by atomic mass is 32.2. The summed E-state index contributed by atoms with van der Waals surface area (Å²) in [5, 5.41) is 13.4. The van der Waals surface area contributed by atoms with Crippen LogP contribution in [0.25, 0.3) is 0 Å². The molecule has 1 rings (SSSR count). The monoisotopic (exact) mass is 249 g/mol. The van der Waals surface area contributed by atoms with E-state index < -0.39 is 16.4 Å². The zero-order valence-electron chi connectivity index (χ0n) is 10.2. The van der Waals surface area contributed by atoms with Crippen molar-refractivity contribution >= 4 is 10.8 Å². The topological polar surface area (TPSA) is 58.6 Å². The number of methoxy groups -OCH3 is 1. The van der Waals surface area contributed by atoms with E-state index in [0.29, 0.717) is 25.6 Å². The van der Waals surface area contributed by atoms with Crippen LogP contribution in [-0.4, -0.2) is 52.7 Å². The molecule has 1 aliphatic rings. The van der Waals surface area contributed by atoms with Crippen LogP contribution in [0.4, 0.5) is 0 Å². The minimum absolute atomic E-state index is 0.409. The highest BCUT2D eigenvalue weighted by Crippen LogP contribution is 2.12. The molecule has 0 amide bonds. The quantitative estimate of drug-likeness (QED) is 0.710. The van der Waals surface area contributed by atoms with Gasteiger partial charge in [0.15, 0.2) is 0 Å². The van der Waals surface area contributed by atoms with Gasteiger partial charge in [0.05, 0.1) is 5.60 Å². The normalized spacial score (nSPS) is 29.9. The van der Waals surface area contributed by atoms with E-state index in [1.165, 1.54) is 0 Å². The predicted octanol–water partition coefficient (Wildman–Crippen LogP) is 0.275. The van der Waals surface area contributed by atoms with Crippen molar-refractivity contribution in [3.63, 3.8) is 0 Å². The van der Waals surface area contributed by atoms with Crippen LogP contribution in [0.15, 0.2) is 0 Å². The number of ether oxygens (including phenoxy) is 1. The van der Waals surface area contributed by atoms with Crippen molar-refractivity contribution in [1.82, 2.24) is 5.32 Å². The zero-order chi connectivity index (χ0) is 12.0. The first-order chi connectivity index (χ1) is 7.53. The summed E-state index contributed by atoms with van der Waals surface area (Å²) in [6.07, 6.45) is 2.54. The lowest BCUT2D eigenvalue weighted by Crippen LogP contribution is -2.45. The van der Waals surface area contributed by atoms with Gasteiger partial charge >= 0.3 is 0 Å². The van der Waals surface area contributed by atoms with E-state index in [0.717, 1.165) is 24.3 Å². The molecule has 2 N–H and O–H groups in total. The SMILES string of the molecule is COCCC(C)(O)CNC1CCS(=O)CC1. The van der Waals surface area contributed by atoms with E-state index in [9.17, 15) is 9.32 Å². The Kier molecular flexibility index (Phi) is 5.89. The van der Waals surface area contributed by atoms with Gasteiger partial charge in [-0.05, 0) is 19.8 Å². The van der Waals surface area contributed by atoms with Crippen LogP contribution in [0, 0.1) is 0 Å². The van der Waals surface area contributed by atoms with Crippen LogP contribution in [0.3, 0.4) is 0 Å². The van der Waals surface area contributed by atoms with Gasteiger partial charge in [-0.3, -0.25) is 4.21 Å². The number of hydrogen-bond donors (Lipinski definition) is 2. The van der Waals surface area contributed by atoms with Crippen molar-refractivity contribution in [3.05, 3.63) is 0 Å². The standard InChI is InChI=1S/C11H23NO3S/c1-11(13,5-6-15-2)9-12-10-3-7-16(14)8-4-10/h10,12-13H,3-9H2,1-2H3. The zero-order valence-corrected chi connectivity index (χ0v) is 11.0. The fourth-order valence-corrected chi connectivity index (χ4v) is 3.07. The fraction of sp³-hybridized carbons (Fsp3) is 1.00. The molecule has 0 aromatic heterocycles. The molecule has 1 saturated heterocycles. The van der Waals surface area contributed by atoms with Crippen molar-refractivity contribution < 1.29 is 14.1 Å². The molecule has 0 bridgehead atoms. The third-order valence-corrected chi connectivity index (χ3v) is 4.39. The van der Waals surface area contributed by atoms with E-state index in [1.807, 2.05) is 6.92 Å². The summed E-state index contributed by atoms with van der Waals surface area (Å²) >= 11 is 0. The van der Waals surface area contributed by atoms with E-state index in [-0.39, 0.29) is 0 Å². The summed E-state index contributed by atoms with van der Waals surface area (Å²) in [5.74, 6) is 1.58. The Bertz CT molecular complexity index is 223. The molecule has 0 saturated carbocycles. The Balaban J connectivity index is 2.20. The third kappa shape index (κ3) is 5.39. The van der Waals surface area contributed by atoms with Gasteiger partial charge in [0.25, 0.3) is 0 Å². The average Bonchev–Trinajstić information content (AvgIpc) is 2.26. The second-order valence-electron chi connectivity index (χ2n) is 4.74. The minimum Gasteiger partial charge on any atom is -0.389 e. The lowest BCUT2D eigenvalue weighted by molar-refractivity contribution is 0.0225. The first-order valence-corrected chi connectivity index (χ1v) is 7.32. The Hall–Kier alpha value is 0.0300. The van der Waals surface area contributed by atoms with Gasteiger partial charge in [-0.1, -0.05) is 0 Å². The molecule has 1 heterocycles. The first kappa shape index (κ1) is 14.1. The first-order valence-electron chi connectivity index (χ1n) is 5.83. The molecule has 1 fully saturated rings. The molecule has 0 aromatic rings. The van der Waals surface area contributed by atoms with Crippen molar-refractivity contribution in [3.8, 4) is 0 Å². The number of rotatable bonds is 6. The Morgan fingerprint density at radius 1 is 1.50 bits per heavy atom. The molecule has 16 heavy (non-hydrogen) atoms. The Labute approximate surface area is 100 Å². The molecule has 1 aliphatic heterocycles. The summed E-state index contributed by atoms with van der Waals surface area (Å²) in [4.78, 5) is 0. The van der Waals surface area contributed by atoms with E-state index in [4.69, 9.17) is 4.74 Å². The van der Waals surface area contributed by atoms with Gasteiger partial charge in [-0.25, -0.2) is 0 Å². The average molecular weight is 249 g/mol. The maximum Gasteiger partial charge on any atom is 0.0765 e. The van der Waals surface area contributed by atoms with Crippen molar-refractivity contribution in [2.45, 2.75) is 37.8 Å². The highest BCUT2D eigenvalue weighted by molar-refractivity contribution is 7.85. The molecular formula is C11H23NO3S. The summed E-state index contributed by atoms with van der Waals surface area (Å²) in [6.45, 7) is 2.97. The second-order valence-corrected chi connectivity index (χ2v) is 6.44. The van der Waals surface area contributed by atoms with Gasteiger partial charge in [-0.2, -0.15) is 0 Å². The predicted molar refractivity (Wildman–Crippen MR) is 66.0 cm³/mol. The van der Waals surface area contributed by atoms with Crippen LogP contribution in [0.5, 0.6) is 0 Å². The summed E-state index contributed by atoms with van der Waals surface area (Å²) < 4.78 is 16.1. The van der Waals surface area contributed by atoms with Crippen LogP contribution in [-0.2, 0) is 15.5 Å². The molecule has 0 radical (unpaired) electrons. The summed E-state index contributed by atoms with van der Waals surface area (Å²) in [6, 6.07) is 0.409. The smallest absolute Gasteiger partial charge is 0.0765 e. The van der Waals surface area contributed by atoms with Crippen LogP contribution >= 0.6 is 0 Å². The van der Waals surface area contributed by atoms with Crippen molar-refractivity contribution in [1.29, 1.82) is 0 Å². The molecule has 1 atom stereocenters. The third-order valence-electron chi connectivity index (χ3n) is 3.00. The van der Waals surface area contributed by atoms with Crippen molar-refractivity contribution in [2.24, 2.45) is 0 Å². The largest absolute Gasteiger partial charge is 0.389 e. The van der Waals surface area contributed by atoms with Crippen molar-refractivity contribution in [2.75, 3.05) is 31.8 Å². The Morgan fingerprint density at radius 2 is 2.12 bits per heavy atom. The van der Waals surface area contributed by atoms with Crippen LogP contribution in [0.2, 0.25) is 0 Å². The van der Waals surface area contributed by atoms with E-state index in [1.54, 1.807) is 7.11 Å². The van der Waals surface area contributed by atoms with Crippen LogP contribution in [0.1, 0.15) is 26.2 Å². The minimum atomic E-state index is -0.716. The molecule has 96 valence electrons. The maximum absolute atomic E-state index is 11.2. The van der Waals surface area contributed by atoms with Gasteiger partial charge in [0.1, 0.15) is 0 Å². The molecule has 0 aliphatic carbocycles. The molecule has 4 nitrogen and oxygen atoms in total. The molecule has 0 aromatic carbocycles. The fourth-order valence-electron chi connectivity index (χ4n) is 1.77. The molecule has 5 heteroatoms. The maximum atomic E-state index is 11.2. The highest BCUT2D eigenvalue weighted by Gasteiger charge is 2.23. The second kappa shape index (κ2) is 6.69.